The van der Waals surface area contributed by atoms with E-state index in [4.69, 9.17) is 0 Å². The lowest BCUT2D eigenvalue weighted by Gasteiger charge is -2.25. The minimum Gasteiger partial charge on any atom is -0.346 e. The maximum atomic E-state index is 12.8. The molecule has 5 nitrogen and oxygen atoms in total. The maximum absolute atomic E-state index is 12.8. The minimum atomic E-state index is -3.48. The van der Waals surface area contributed by atoms with Gasteiger partial charge in [-0.15, -0.1) is 0 Å². The summed E-state index contributed by atoms with van der Waals surface area (Å²) < 4.78 is 26.5. The van der Waals surface area contributed by atoms with Crippen molar-refractivity contribution < 1.29 is 13.2 Å². The Kier molecular flexibility index (Phi) is 7.28. The average Bonchev–Trinajstić information content (AvgIpc) is 2.75. The van der Waals surface area contributed by atoms with E-state index in [1.807, 2.05) is 52.8 Å². The molecule has 0 saturated carbocycles. The molecule has 6 heteroatoms. The van der Waals surface area contributed by atoms with Crippen LogP contribution in [0.2, 0.25) is 0 Å². The molecule has 0 radical (unpaired) electrons. The summed E-state index contributed by atoms with van der Waals surface area (Å²) in [7, 11) is -3.48. The number of carbonyl (C=O) groups excluding carboxylic acids is 1. The fraction of sp³-hybridized carbons (Fsp3) is 0.296. The molecule has 174 valence electrons. The van der Waals surface area contributed by atoms with Gasteiger partial charge in [0.15, 0.2) is 0 Å². The molecule has 0 saturated heterocycles. The van der Waals surface area contributed by atoms with Crippen LogP contribution in [0.1, 0.15) is 56.7 Å². The fourth-order valence-electron chi connectivity index (χ4n) is 3.88. The number of nitrogens with one attached hydrogen (secondary N) is 1. The zero-order chi connectivity index (χ0) is 24.3. The number of hydrogen-bond acceptors (Lipinski definition) is 3. The zero-order valence-corrected chi connectivity index (χ0v) is 21.0. The number of benzene rings is 3. The Bertz CT molecular complexity index is 1270. The van der Waals surface area contributed by atoms with Crippen molar-refractivity contribution in [2.24, 2.45) is 0 Å². The lowest BCUT2D eigenvalue weighted by atomic mass is 9.99. The lowest BCUT2D eigenvalue weighted by molar-refractivity contribution is 0.0939. The van der Waals surface area contributed by atoms with Crippen molar-refractivity contribution in [2.45, 2.75) is 47.2 Å². The van der Waals surface area contributed by atoms with E-state index < -0.39 is 10.0 Å². The van der Waals surface area contributed by atoms with Gasteiger partial charge in [-0.2, -0.15) is 0 Å². The molecule has 0 heterocycles. The second-order valence-electron chi connectivity index (χ2n) is 8.81. The predicted octanol–water partition coefficient (Wildman–Crippen LogP) is 5.38. The number of nitrogens with zero attached hydrogens (tertiary/aromatic N) is 1. The van der Waals surface area contributed by atoms with Crippen LogP contribution in [-0.2, 0) is 16.6 Å². The van der Waals surface area contributed by atoms with E-state index in [1.165, 1.54) is 10.6 Å². The first-order valence-electron chi connectivity index (χ1n) is 11.0. The van der Waals surface area contributed by atoms with E-state index >= 15 is 0 Å². The van der Waals surface area contributed by atoms with Crippen molar-refractivity contribution in [3.63, 3.8) is 0 Å². The molecule has 0 spiro atoms. The summed E-state index contributed by atoms with van der Waals surface area (Å²) in [5, 5.41) is 3.06. The van der Waals surface area contributed by atoms with Crippen molar-refractivity contribution >= 4 is 21.6 Å². The smallest absolute Gasteiger partial charge is 0.251 e. The van der Waals surface area contributed by atoms with E-state index in [9.17, 15) is 13.2 Å². The number of rotatable bonds is 7. The van der Waals surface area contributed by atoms with E-state index in [0.29, 0.717) is 11.3 Å². The Balaban J connectivity index is 1.78. The second kappa shape index (κ2) is 9.79. The normalized spacial score (nSPS) is 12.3. The molecular weight excluding hydrogens is 432 g/mol. The minimum absolute atomic E-state index is 0.123. The van der Waals surface area contributed by atoms with Gasteiger partial charge in [-0.25, -0.2) is 8.42 Å². The number of anilines is 1. The van der Waals surface area contributed by atoms with Crippen LogP contribution >= 0.6 is 0 Å². The van der Waals surface area contributed by atoms with E-state index in [1.54, 1.807) is 24.3 Å². The Morgan fingerprint density at radius 1 is 0.879 bits per heavy atom. The molecule has 1 atom stereocenters. The number of amides is 1. The fourth-order valence-corrected chi connectivity index (χ4v) is 4.82. The first-order valence-corrected chi connectivity index (χ1v) is 12.8. The lowest BCUT2D eigenvalue weighted by Crippen LogP contribution is -2.30. The molecule has 0 bridgehead atoms. The Morgan fingerprint density at radius 2 is 1.45 bits per heavy atom. The summed E-state index contributed by atoms with van der Waals surface area (Å²) in [4.78, 5) is 12.8. The van der Waals surface area contributed by atoms with Crippen LogP contribution in [0.5, 0.6) is 0 Å². The largest absolute Gasteiger partial charge is 0.346 e. The van der Waals surface area contributed by atoms with Gasteiger partial charge < -0.3 is 5.32 Å². The topological polar surface area (TPSA) is 66.5 Å². The van der Waals surface area contributed by atoms with Gasteiger partial charge in [0.1, 0.15) is 0 Å². The second-order valence-corrected chi connectivity index (χ2v) is 10.7. The standard InChI is InChI=1S/C27H32N2O3S/c1-18-7-9-20(3)25(15-18)22(5)28-27(30)24-13-11-23(12-14-24)17-29(33(6,31)32)26-16-19(2)8-10-21(26)4/h7-16,22H,17H2,1-6H3,(H,28,30)/t22-/m0/s1. The Labute approximate surface area is 197 Å². The molecule has 0 unspecified atom stereocenters. The summed E-state index contributed by atoms with van der Waals surface area (Å²) in [6, 6.07) is 19.0. The van der Waals surface area contributed by atoms with E-state index in [0.717, 1.165) is 33.4 Å². The third kappa shape index (κ3) is 6.02. The first kappa shape index (κ1) is 24.5. The number of hydrogen-bond donors (Lipinski definition) is 1. The third-order valence-corrected chi connectivity index (χ3v) is 6.95. The van der Waals surface area contributed by atoms with Gasteiger partial charge in [-0.3, -0.25) is 9.10 Å². The quantitative estimate of drug-likeness (QED) is 0.511. The Morgan fingerprint density at radius 3 is 2.06 bits per heavy atom. The van der Waals surface area contributed by atoms with Gasteiger partial charge in [0.2, 0.25) is 10.0 Å². The van der Waals surface area contributed by atoms with Gasteiger partial charge in [-0.1, -0.05) is 48.0 Å². The van der Waals surface area contributed by atoms with Crippen LogP contribution < -0.4 is 9.62 Å². The summed E-state index contributed by atoms with van der Waals surface area (Å²) in [5.41, 5.74) is 7.28. The molecule has 0 aliphatic rings. The van der Waals surface area contributed by atoms with Crippen LogP contribution in [-0.4, -0.2) is 20.6 Å². The first-order chi connectivity index (χ1) is 15.5. The molecule has 3 rings (SSSR count). The van der Waals surface area contributed by atoms with Gasteiger partial charge in [0, 0.05) is 5.56 Å². The van der Waals surface area contributed by atoms with Crippen LogP contribution in [0.15, 0.2) is 60.7 Å². The van der Waals surface area contributed by atoms with Crippen molar-refractivity contribution in [2.75, 3.05) is 10.6 Å². The van der Waals surface area contributed by atoms with Crippen molar-refractivity contribution in [3.8, 4) is 0 Å². The monoisotopic (exact) mass is 464 g/mol. The molecule has 3 aromatic rings. The van der Waals surface area contributed by atoms with Crippen LogP contribution in [0.3, 0.4) is 0 Å². The van der Waals surface area contributed by atoms with Gasteiger partial charge in [0.25, 0.3) is 5.91 Å². The van der Waals surface area contributed by atoms with Crippen molar-refractivity contribution in [1.29, 1.82) is 0 Å². The average molecular weight is 465 g/mol. The third-order valence-electron chi connectivity index (χ3n) is 5.82. The number of carbonyl (C=O) groups is 1. The summed E-state index contributed by atoms with van der Waals surface area (Å²) in [6.45, 7) is 10.1. The summed E-state index contributed by atoms with van der Waals surface area (Å²) >= 11 is 0. The summed E-state index contributed by atoms with van der Waals surface area (Å²) in [6.07, 6.45) is 1.21. The highest BCUT2D eigenvalue weighted by atomic mass is 32.2. The molecule has 0 aliphatic carbocycles. The molecule has 1 amide bonds. The predicted molar refractivity (Wildman–Crippen MR) is 135 cm³/mol. The molecule has 33 heavy (non-hydrogen) atoms. The van der Waals surface area contributed by atoms with Crippen LogP contribution in [0.4, 0.5) is 5.69 Å². The SMILES string of the molecule is Cc1ccc(C)c([C@H](C)NC(=O)c2ccc(CN(c3cc(C)ccc3C)S(C)(=O)=O)cc2)c1. The highest BCUT2D eigenvalue weighted by Crippen LogP contribution is 2.26. The van der Waals surface area contributed by atoms with Gasteiger partial charge >= 0.3 is 0 Å². The molecule has 0 fully saturated rings. The van der Waals surface area contributed by atoms with Gasteiger partial charge in [-0.05, 0) is 80.6 Å². The maximum Gasteiger partial charge on any atom is 0.251 e. The van der Waals surface area contributed by atoms with E-state index in [2.05, 4.69) is 23.5 Å². The van der Waals surface area contributed by atoms with Crippen LogP contribution in [0.25, 0.3) is 0 Å². The highest BCUT2D eigenvalue weighted by Gasteiger charge is 2.20. The van der Waals surface area contributed by atoms with Crippen molar-refractivity contribution in [3.05, 3.63) is 99.6 Å². The molecule has 0 aromatic heterocycles. The van der Waals surface area contributed by atoms with Crippen LogP contribution in [0, 0.1) is 27.7 Å². The van der Waals surface area contributed by atoms with Gasteiger partial charge in [0.05, 0.1) is 24.5 Å². The highest BCUT2D eigenvalue weighted by molar-refractivity contribution is 7.92. The zero-order valence-electron chi connectivity index (χ0n) is 20.1. The molecular formula is C27H32N2O3S. The number of aryl methyl sites for hydroxylation is 4. The van der Waals surface area contributed by atoms with Crippen molar-refractivity contribution in [1.82, 2.24) is 5.32 Å². The molecule has 1 N–H and O–H groups in total. The summed E-state index contributed by atoms with van der Waals surface area (Å²) in [5.74, 6) is -0.163. The molecule has 0 aliphatic heterocycles. The molecule has 3 aromatic carbocycles. The van der Waals surface area contributed by atoms with E-state index in [-0.39, 0.29) is 18.5 Å². The number of sulfonamides is 1. The Hall–Kier alpha value is -3.12.